The van der Waals surface area contributed by atoms with E-state index in [1.165, 1.54) is 0 Å². The van der Waals surface area contributed by atoms with Gasteiger partial charge in [-0.15, -0.1) is 0 Å². The summed E-state index contributed by atoms with van der Waals surface area (Å²) >= 11 is 0. The van der Waals surface area contributed by atoms with Crippen molar-refractivity contribution >= 4 is 16.9 Å². The monoisotopic (exact) mass is 245 g/mol. The van der Waals surface area contributed by atoms with E-state index >= 15 is 0 Å². The zero-order chi connectivity index (χ0) is 13.1. The third-order valence-corrected chi connectivity index (χ3v) is 2.90. The Bertz CT molecular complexity index is 509. The molecule has 2 aromatic rings. The summed E-state index contributed by atoms with van der Waals surface area (Å²) in [5.74, 6) is 1.01. The van der Waals surface area contributed by atoms with E-state index in [2.05, 4.69) is 5.32 Å². The van der Waals surface area contributed by atoms with Crippen LogP contribution in [0.4, 0.5) is 0 Å². The van der Waals surface area contributed by atoms with Gasteiger partial charge in [0.2, 0.25) is 5.91 Å². The summed E-state index contributed by atoms with van der Waals surface area (Å²) in [5.41, 5.74) is 0.898. The first kappa shape index (κ1) is 12.7. The SMILES string of the molecule is CC(C)C(=O)N[C@@H](C)Cc1cc2ccccc2o1. The molecule has 3 nitrogen and oxygen atoms in total. The van der Waals surface area contributed by atoms with E-state index in [-0.39, 0.29) is 17.9 Å². The number of benzene rings is 1. The molecule has 0 bridgehead atoms. The highest BCUT2D eigenvalue weighted by atomic mass is 16.3. The lowest BCUT2D eigenvalue weighted by Gasteiger charge is -2.14. The first-order chi connectivity index (χ1) is 8.56. The standard InChI is InChI=1S/C15H19NO2/c1-10(2)15(17)16-11(3)8-13-9-12-6-4-5-7-14(12)18-13/h4-7,9-11H,8H2,1-3H3,(H,16,17)/t11-/m0/s1. The summed E-state index contributed by atoms with van der Waals surface area (Å²) in [5, 5.41) is 4.08. The highest BCUT2D eigenvalue weighted by Gasteiger charge is 2.13. The van der Waals surface area contributed by atoms with Crippen LogP contribution in [-0.4, -0.2) is 11.9 Å². The van der Waals surface area contributed by atoms with E-state index in [1.54, 1.807) is 0 Å². The summed E-state index contributed by atoms with van der Waals surface area (Å²) in [7, 11) is 0. The molecule has 1 N–H and O–H groups in total. The van der Waals surface area contributed by atoms with Crippen molar-refractivity contribution in [3.63, 3.8) is 0 Å². The zero-order valence-corrected chi connectivity index (χ0v) is 11.1. The minimum Gasteiger partial charge on any atom is -0.461 e. The lowest BCUT2D eigenvalue weighted by Crippen LogP contribution is -2.36. The molecule has 0 spiro atoms. The number of furan rings is 1. The van der Waals surface area contributed by atoms with Crippen molar-refractivity contribution in [2.24, 2.45) is 5.92 Å². The van der Waals surface area contributed by atoms with Crippen molar-refractivity contribution in [2.75, 3.05) is 0 Å². The molecule has 1 atom stereocenters. The van der Waals surface area contributed by atoms with E-state index in [4.69, 9.17) is 4.42 Å². The van der Waals surface area contributed by atoms with Crippen LogP contribution in [-0.2, 0) is 11.2 Å². The molecule has 96 valence electrons. The van der Waals surface area contributed by atoms with Gasteiger partial charge >= 0.3 is 0 Å². The summed E-state index contributed by atoms with van der Waals surface area (Å²) in [6, 6.07) is 10.1. The number of rotatable bonds is 4. The molecule has 1 aromatic carbocycles. The topological polar surface area (TPSA) is 42.2 Å². The van der Waals surface area contributed by atoms with Crippen LogP contribution in [0.2, 0.25) is 0 Å². The van der Waals surface area contributed by atoms with Crippen molar-refractivity contribution in [3.05, 3.63) is 36.1 Å². The quantitative estimate of drug-likeness (QED) is 0.899. The van der Waals surface area contributed by atoms with Crippen LogP contribution in [0.3, 0.4) is 0 Å². The molecule has 0 aliphatic carbocycles. The van der Waals surface area contributed by atoms with Crippen LogP contribution in [0.15, 0.2) is 34.7 Å². The summed E-state index contributed by atoms with van der Waals surface area (Å²) in [6.07, 6.45) is 0.715. The van der Waals surface area contributed by atoms with E-state index in [0.29, 0.717) is 6.42 Å². The molecule has 2 rings (SSSR count). The fourth-order valence-electron chi connectivity index (χ4n) is 1.90. The van der Waals surface area contributed by atoms with E-state index in [9.17, 15) is 4.79 Å². The van der Waals surface area contributed by atoms with Crippen molar-refractivity contribution in [1.82, 2.24) is 5.32 Å². The number of carbonyl (C=O) groups is 1. The predicted octanol–water partition coefficient (Wildman–Crippen LogP) is 3.14. The molecular formula is C15H19NO2. The molecule has 0 radical (unpaired) electrons. The van der Waals surface area contributed by atoms with Crippen LogP contribution in [0.1, 0.15) is 26.5 Å². The van der Waals surface area contributed by atoms with Crippen LogP contribution in [0.25, 0.3) is 11.0 Å². The molecule has 1 aromatic heterocycles. The van der Waals surface area contributed by atoms with E-state index < -0.39 is 0 Å². The highest BCUT2D eigenvalue weighted by molar-refractivity contribution is 5.78. The fourth-order valence-corrected chi connectivity index (χ4v) is 1.90. The van der Waals surface area contributed by atoms with Gasteiger partial charge in [0, 0.05) is 23.8 Å². The Morgan fingerprint density at radius 2 is 2.00 bits per heavy atom. The van der Waals surface area contributed by atoms with Gasteiger partial charge in [0.1, 0.15) is 11.3 Å². The molecular weight excluding hydrogens is 226 g/mol. The highest BCUT2D eigenvalue weighted by Crippen LogP contribution is 2.19. The van der Waals surface area contributed by atoms with Crippen molar-refractivity contribution in [2.45, 2.75) is 33.2 Å². The lowest BCUT2D eigenvalue weighted by atomic mass is 10.1. The van der Waals surface area contributed by atoms with Crippen LogP contribution in [0.5, 0.6) is 0 Å². The number of hydrogen-bond donors (Lipinski definition) is 1. The number of hydrogen-bond acceptors (Lipinski definition) is 2. The Balaban J connectivity index is 2.02. The molecule has 18 heavy (non-hydrogen) atoms. The third kappa shape index (κ3) is 2.92. The van der Waals surface area contributed by atoms with Gasteiger partial charge in [-0.05, 0) is 19.1 Å². The first-order valence-corrected chi connectivity index (χ1v) is 6.34. The molecule has 1 amide bonds. The number of amides is 1. The largest absolute Gasteiger partial charge is 0.461 e. The Kier molecular flexibility index (Phi) is 3.70. The number of para-hydroxylation sites is 1. The second-order valence-corrected chi connectivity index (χ2v) is 5.02. The van der Waals surface area contributed by atoms with Gasteiger partial charge in [-0.3, -0.25) is 4.79 Å². The van der Waals surface area contributed by atoms with Gasteiger partial charge in [-0.25, -0.2) is 0 Å². The number of fused-ring (bicyclic) bond motifs is 1. The zero-order valence-electron chi connectivity index (χ0n) is 11.1. The van der Waals surface area contributed by atoms with Crippen molar-refractivity contribution < 1.29 is 9.21 Å². The van der Waals surface area contributed by atoms with Crippen LogP contribution >= 0.6 is 0 Å². The van der Waals surface area contributed by atoms with Gasteiger partial charge in [0.25, 0.3) is 0 Å². The molecule has 0 aliphatic rings. The Morgan fingerprint density at radius 3 is 2.67 bits per heavy atom. The predicted molar refractivity (Wildman–Crippen MR) is 72.4 cm³/mol. The minimum absolute atomic E-state index is 0.0168. The maximum atomic E-state index is 11.6. The average Bonchev–Trinajstić information content (AvgIpc) is 2.70. The molecule has 0 saturated heterocycles. The molecule has 1 heterocycles. The number of carbonyl (C=O) groups excluding carboxylic acids is 1. The molecule has 0 fully saturated rings. The van der Waals surface area contributed by atoms with Crippen molar-refractivity contribution in [3.8, 4) is 0 Å². The maximum Gasteiger partial charge on any atom is 0.222 e. The van der Waals surface area contributed by atoms with Gasteiger partial charge < -0.3 is 9.73 Å². The van der Waals surface area contributed by atoms with Gasteiger partial charge in [0.05, 0.1) is 0 Å². The average molecular weight is 245 g/mol. The second kappa shape index (κ2) is 5.25. The van der Waals surface area contributed by atoms with Crippen LogP contribution < -0.4 is 5.32 Å². The summed E-state index contributed by atoms with van der Waals surface area (Å²) in [6.45, 7) is 5.78. The maximum absolute atomic E-state index is 11.6. The summed E-state index contributed by atoms with van der Waals surface area (Å²) < 4.78 is 5.73. The Morgan fingerprint density at radius 1 is 1.28 bits per heavy atom. The van der Waals surface area contributed by atoms with E-state index in [0.717, 1.165) is 16.7 Å². The third-order valence-electron chi connectivity index (χ3n) is 2.90. The lowest BCUT2D eigenvalue weighted by molar-refractivity contribution is -0.124. The summed E-state index contributed by atoms with van der Waals surface area (Å²) in [4.78, 5) is 11.6. The van der Waals surface area contributed by atoms with E-state index in [1.807, 2.05) is 51.1 Å². The molecule has 0 saturated carbocycles. The fraction of sp³-hybridized carbons (Fsp3) is 0.400. The normalized spacial score (nSPS) is 12.9. The molecule has 0 aliphatic heterocycles. The van der Waals surface area contributed by atoms with Gasteiger partial charge in [-0.1, -0.05) is 32.0 Å². The smallest absolute Gasteiger partial charge is 0.222 e. The van der Waals surface area contributed by atoms with Gasteiger partial charge in [0.15, 0.2) is 0 Å². The minimum atomic E-state index is 0.0168. The first-order valence-electron chi connectivity index (χ1n) is 6.34. The van der Waals surface area contributed by atoms with Gasteiger partial charge in [-0.2, -0.15) is 0 Å². The Hall–Kier alpha value is -1.77. The molecule has 3 heteroatoms. The van der Waals surface area contributed by atoms with Crippen molar-refractivity contribution in [1.29, 1.82) is 0 Å². The second-order valence-electron chi connectivity index (χ2n) is 5.02. The van der Waals surface area contributed by atoms with Crippen LogP contribution in [0, 0.1) is 5.92 Å². The Labute approximate surface area is 107 Å². The number of nitrogens with one attached hydrogen (secondary N) is 1. The molecule has 0 unspecified atom stereocenters.